The van der Waals surface area contributed by atoms with Crippen molar-refractivity contribution in [1.82, 2.24) is 14.7 Å². The van der Waals surface area contributed by atoms with Gasteiger partial charge in [0.2, 0.25) is 5.91 Å². The van der Waals surface area contributed by atoms with Crippen molar-refractivity contribution in [2.45, 2.75) is 19.8 Å². The number of aromatic nitrogens is 2. The maximum atomic E-state index is 12.3. The van der Waals surface area contributed by atoms with E-state index in [-0.39, 0.29) is 5.91 Å². The summed E-state index contributed by atoms with van der Waals surface area (Å²) in [5.74, 6) is -0.496. The van der Waals surface area contributed by atoms with Crippen LogP contribution in [0.4, 0.5) is 5.69 Å². The van der Waals surface area contributed by atoms with Crippen LogP contribution in [0.15, 0.2) is 30.5 Å². The number of rotatable bonds is 6. The molecule has 1 aromatic heterocycles. The lowest BCUT2D eigenvalue weighted by molar-refractivity contribution is -0.117. The largest absolute Gasteiger partial charge is 0.478 e. The minimum Gasteiger partial charge on any atom is -0.478 e. The number of likely N-dealkylation sites (tertiary alicyclic amines) is 1. The summed E-state index contributed by atoms with van der Waals surface area (Å²) in [5, 5.41) is 16.2. The maximum Gasteiger partial charge on any atom is 0.335 e. The summed E-state index contributed by atoms with van der Waals surface area (Å²) < 4.78 is 1.68. The van der Waals surface area contributed by atoms with Gasteiger partial charge in [-0.1, -0.05) is 12.1 Å². The van der Waals surface area contributed by atoms with Crippen molar-refractivity contribution < 1.29 is 14.7 Å². The molecule has 1 amide bonds. The first-order valence-electron chi connectivity index (χ1n) is 8.75. The molecule has 1 saturated heterocycles. The summed E-state index contributed by atoms with van der Waals surface area (Å²) >= 11 is 0. The number of hydrogen-bond donors (Lipinski definition) is 2. The van der Waals surface area contributed by atoms with E-state index in [2.05, 4.69) is 15.3 Å². The van der Waals surface area contributed by atoms with Gasteiger partial charge in [0.15, 0.2) is 0 Å². The lowest BCUT2D eigenvalue weighted by Crippen LogP contribution is -2.31. The minimum atomic E-state index is -0.901. The summed E-state index contributed by atoms with van der Waals surface area (Å²) in [6.07, 6.45) is 3.65. The molecule has 0 bridgehead atoms. The van der Waals surface area contributed by atoms with Gasteiger partial charge in [0.05, 0.1) is 23.5 Å². The van der Waals surface area contributed by atoms with Gasteiger partial charge in [-0.2, -0.15) is 5.10 Å². The summed E-state index contributed by atoms with van der Waals surface area (Å²) in [6, 6.07) is 7.10. The van der Waals surface area contributed by atoms with E-state index < -0.39 is 5.97 Å². The molecule has 1 aliphatic heterocycles. The van der Waals surface area contributed by atoms with Gasteiger partial charge in [0, 0.05) is 19.8 Å². The second kappa shape index (κ2) is 7.70. The van der Waals surface area contributed by atoms with Crippen LogP contribution in [-0.2, 0) is 18.3 Å². The van der Waals surface area contributed by atoms with E-state index >= 15 is 0 Å². The Morgan fingerprint density at radius 3 is 2.88 bits per heavy atom. The van der Waals surface area contributed by atoms with Crippen LogP contribution in [0.5, 0.6) is 0 Å². The molecular weight excluding hydrogens is 332 g/mol. The lowest BCUT2D eigenvalue weighted by atomic mass is 9.97. The first-order chi connectivity index (χ1) is 12.4. The van der Waals surface area contributed by atoms with Crippen LogP contribution in [0.2, 0.25) is 0 Å². The number of carbonyl (C=O) groups excluding carboxylic acids is 1. The predicted octanol–water partition coefficient (Wildman–Crippen LogP) is 1.93. The zero-order valence-corrected chi connectivity index (χ0v) is 15.1. The van der Waals surface area contributed by atoms with Crippen LogP contribution in [0.25, 0.3) is 0 Å². The number of anilines is 1. The van der Waals surface area contributed by atoms with Crippen LogP contribution < -0.4 is 5.32 Å². The van der Waals surface area contributed by atoms with Crippen LogP contribution in [0.3, 0.4) is 0 Å². The topological polar surface area (TPSA) is 87.5 Å². The number of aryl methyl sites for hydroxylation is 2. The van der Waals surface area contributed by atoms with E-state index in [4.69, 9.17) is 5.11 Å². The van der Waals surface area contributed by atoms with Crippen LogP contribution in [0.1, 0.15) is 28.0 Å². The Labute approximate surface area is 152 Å². The molecule has 0 radical (unpaired) electrons. The van der Waals surface area contributed by atoms with Gasteiger partial charge in [-0.25, -0.2) is 4.79 Å². The summed E-state index contributed by atoms with van der Waals surface area (Å²) in [7, 11) is 1.83. The fourth-order valence-electron chi connectivity index (χ4n) is 3.50. The highest BCUT2D eigenvalue weighted by molar-refractivity contribution is 5.92. The van der Waals surface area contributed by atoms with E-state index in [0.717, 1.165) is 42.9 Å². The van der Waals surface area contributed by atoms with E-state index in [1.165, 1.54) is 0 Å². The molecule has 3 rings (SSSR count). The molecule has 0 unspecified atom stereocenters. The number of amides is 1. The Morgan fingerprint density at radius 2 is 2.19 bits per heavy atom. The molecule has 1 atom stereocenters. The molecule has 0 aliphatic carbocycles. The zero-order valence-electron chi connectivity index (χ0n) is 15.1. The van der Waals surface area contributed by atoms with Gasteiger partial charge in [-0.05, 0) is 49.9 Å². The van der Waals surface area contributed by atoms with E-state index in [9.17, 15) is 9.59 Å². The third-order valence-electron chi connectivity index (χ3n) is 4.72. The van der Waals surface area contributed by atoms with E-state index in [1.54, 1.807) is 29.1 Å². The number of aromatic carboxylic acids is 1. The quantitative estimate of drug-likeness (QED) is 0.826. The lowest BCUT2D eigenvalue weighted by Gasteiger charge is -2.15. The molecule has 1 aliphatic rings. The number of carboxylic acids is 1. The van der Waals surface area contributed by atoms with Crippen molar-refractivity contribution in [3.8, 4) is 0 Å². The summed E-state index contributed by atoms with van der Waals surface area (Å²) in [5.41, 5.74) is 2.91. The van der Waals surface area contributed by atoms with Gasteiger partial charge in [0.25, 0.3) is 0 Å². The zero-order chi connectivity index (χ0) is 18.7. The Hall–Kier alpha value is -2.67. The Balaban J connectivity index is 1.50. The van der Waals surface area contributed by atoms with Gasteiger partial charge in [-0.3, -0.25) is 14.4 Å². The second-order valence-electron chi connectivity index (χ2n) is 6.95. The molecule has 0 saturated carbocycles. The number of carboxylic acid groups (broad SMARTS) is 1. The molecule has 1 fully saturated rings. The van der Waals surface area contributed by atoms with Crippen molar-refractivity contribution in [2.75, 3.05) is 25.0 Å². The molecule has 2 heterocycles. The van der Waals surface area contributed by atoms with E-state index in [1.807, 2.05) is 20.0 Å². The normalized spacial score (nSPS) is 17.4. The third kappa shape index (κ3) is 4.49. The molecule has 7 nitrogen and oxygen atoms in total. The SMILES string of the molecule is Cc1nn(C)cc1NC(=O)CN1CC[C@H](Cc2cccc(C(=O)O)c2)C1. The number of hydrogen-bond acceptors (Lipinski definition) is 4. The van der Waals surface area contributed by atoms with Crippen LogP contribution >= 0.6 is 0 Å². The smallest absolute Gasteiger partial charge is 0.335 e. The molecular formula is C19H24N4O3. The van der Waals surface area contributed by atoms with Crippen molar-refractivity contribution >= 4 is 17.6 Å². The molecule has 2 N–H and O–H groups in total. The monoisotopic (exact) mass is 356 g/mol. The van der Waals surface area contributed by atoms with Crippen molar-refractivity contribution in [2.24, 2.45) is 13.0 Å². The number of nitrogens with zero attached hydrogens (tertiary/aromatic N) is 3. The average Bonchev–Trinajstić information content (AvgIpc) is 3.13. The highest BCUT2D eigenvalue weighted by Crippen LogP contribution is 2.21. The molecule has 7 heteroatoms. The Bertz CT molecular complexity index is 815. The minimum absolute atomic E-state index is 0.0328. The maximum absolute atomic E-state index is 12.3. The molecule has 2 aromatic rings. The molecule has 0 spiro atoms. The van der Waals surface area contributed by atoms with Crippen molar-refractivity contribution in [1.29, 1.82) is 0 Å². The first-order valence-corrected chi connectivity index (χ1v) is 8.75. The van der Waals surface area contributed by atoms with Crippen LogP contribution in [0, 0.1) is 12.8 Å². The fourth-order valence-corrected chi connectivity index (χ4v) is 3.50. The molecule has 138 valence electrons. The van der Waals surface area contributed by atoms with Crippen molar-refractivity contribution in [3.63, 3.8) is 0 Å². The van der Waals surface area contributed by atoms with Gasteiger partial charge < -0.3 is 10.4 Å². The number of nitrogens with one attached hydrogen (secondary N) is 1. The van der Waals surface area contributed by atoms with E-state index in [0.29, 0.717) is 18.0 Å². The summed E-state index contributed by atoms with van der Waals surface area (Å²) in [4.78, 5) is 25.5. The van der Waals surface area contributed by atoms with Gasteiger partial charge >= 0.3 is 5.97 Å². The second-order valence-corrected chi connectivity index (χ2v) is 6.95. The number of carbonyl (C=O) groups is 2. The highest BCUT2D eigenvalue weighted by Gasteiger charge is 2.24. The molecule has 26 heavy (non-hydrogen) atoms. The van der Waals surface area contributed by atoms with Crippen molar-refractivity contribution in [3.05, 3.63) is 47.3 Å². The Morgan fingerprint density at radius 1 is 1.38 bits per heavy atom. The van der Waals surface area contributed by atoms with Gasteiger partial charge in [0.1, 0.15) is 0 Å². The first kappa shape index (κ1) is 18.1. The number of benzene rings is 1. The fraction of sp³-hybridized carbons (Fsp3) is 0.421. The standard InChI is InChI=1S/C19H24N4O3/c1-13-17(11-22(2)21-13)20-18(24)12-23-7-6-15(10-23)8-14-4-3-5-16(9-14)19(25)26/h3-5,9,11,15H,6-8,10,12H2,1-2H3,(H,20,24)(H,25,26)/t15-/m1/s1. The van der Waals surface area contributed by atoms with Crippen LogP contribution in [-0.4, -0.2) is 51.3 Å². The highest BCUT2D eigenvalue weighted by atomic mass is 16.4. The predicted molar refractivity (Wildman–Crippen MR) is 98.2 cm³/mol. The Kier molecular flexibility index (Phi) is 5.37. The third-order valence-corrected chi connectivity index (χ3v) is 4.72. The average molecular weight is 356 g/mol. The van der Waals surface area contributed by atoms with Gasteiger partial charge in [-0.15, -0.1) is 0 Å². The summed E-state index contributed by atoms with van der Waals surface area (Å²) in [6.45, 7) is 3.95. The molecule has 1 aromatic carbocycles.